The third kappa shape index (κ3) is 3.38. The number of rotatable bonds is 6. The molecule has 10 nitrogen and oxygen atoms in total. The molecule has 0 unspecified atom stereocenters. The number of nitrogens with one attached hydrogen (secondary N) is 3. The Morgan fingerprint density at radius 1 is 1.33 bits per heavy atom. The van der Waals surface area contributed by atoms with Crippen LogP contribution >= 0.6 is 0 Å². The van der Waals surface area contributed by atoms with E-state index < -0.39 is 10.8 Å². The van der Waals surface area contributed by atoms with Crippen LogP contribution in [0.5, 0.6) is 0 Å². The van der Waals surface area contributed by atoms with E-state index in [9.17, 15) is 14.9 Å². The molecular weight excluding hydrogens is 316 g/mol. The molecule has 1 amide bonds. The van der Waals surface area contributed by atoms with Crippen LogP contribution in [0.3, 0.4) is 0 Å². The Balaban J connectivity index is 1.60. The van der Waals surface area contributed by atoms with E-state index in [-0.39, 0.29) is 23.9 Å². The number of aromatic nitrogens is 3. The van der Waals surface area contributed by atoms with Crippen LogP contribution in [0.25, 0.3) is 11.4 Å². The second-order valence-electron chi connectivity index (χ2n) is 4.70. The van der Waals surface area contributed by atoms with Crippen molar-refractivity contribution in [3.8, 4) is 11.4 Å². The van der Waals surface area contributed by atoms with Crippen molar-refractivity contribution in [1.29, 1.82) is 0 Å². The van der Waals surface area contributed by atoms with Crippen molar-refractivity contribution in [3.63, 3.8) is 0 Å². The average molecular weight is 328 g/mol. The number of para-hydroxylation sites is 2. The van der Waals surface area contributed by atoms with Crippen molar-refractivity contribution in [1.82, 2.24) is 15.2 Å². The molecule has 0 bridgehead atoms. The first-order chi connectivity index (χ1) is 11.6. The summed E-state index contributed by atoms with van der Waals surface area (Å²) >= 11 is 0. The van der Waals surface area contributed by atoms with Crippen LogP contribution in [0.4, 0.5) is 17.3 Å². The zero-order chi connectivity index (χ0) is 16.9. The molecule has 0 radical (unpaired) electrons. The van der Waals surface area contributed by atoms with Gasteiger partial charge in [0.25, 0.3) is 5.69 Å². The SMILES string of the molecule is O=C(CNc1ccccc1[N+](=O)[O-])Nc1n[nH]c(-c2ccoc2)n1. The van der Waals surface area contributed by atoms with Gasteiger partial charge in [-0.05, 0) is 12.1 Å². The largest absolute Gasteiger partial charge is 0.472 e. The smallest absolute Gasteiger partial charge is 0.292 e. The van der Waals surface area contributed by atoms with Gasteiger partial charge in [0, 0.05) is 6.07 Å². The number of H-pyrrole nitrogens is 1. The Hall–Kier alpha value is -3.69. The number of furan rings is 1. The minimum absolute atomic E-state index is 0.0977. The lowest BCUT2D eigenvalue weighted by atomic mass is 10.2. The van der Waals surface area contributed by atoms with Gasteiger partial charge in [0.2, 0.25) is 11.9 Å². The zero-order valence-electron chi connectivity index (χ0n) is 12.2. The van der Waals surface area contributed by atoms with Gasteiger partial charge in [0.15, 0.2) is 5.82 Å². The fourth-order valence-electron chi connectivity index (χ4n) is 1.97. The van der Waals surface area contributed by atoms with E-state index in [2.05, 4.69) is 25.8 Å². The minimum atomic E-state index is -0.521. The van der Waals surface area contributed by atoms with Gasteiger partial charge in [-0.2, -0.15) is 4.98 Å². The molecule has 0 aliphatic rings. The maximum Gasteiger partial charge on any atom is 0.292 e. The topological polar surface area (TPSA) is 139 Å². The van der Waals surface area contributed by atoms with Crippen molar-refractivity contribution in [2.75, 3.05) is 17.2 Å². The molecule has 0 aliphatic heterocycles. The number of nitrogens with zero attached hydrogens (tertiary/aromatic N) is 3. The number of hydrogen-bond donors (Lipinski definition) is 3. The molecule has 0 fully saturated rings. The van der Waals surface area contributed by atoms with Gasteiger partial charge in [0.05, 0.1) is 23.3 Å². The first-order valence-corrected chi connectivity index (χ1v) is 6.85. The number of anilines is 2. The molecule has 1 aromatic carbocycles. The summed E-state index contributed by atoms with van der Waals surface area (Å²) in [4.78, 5) is 26.4. The Labute approximate surface area is 135 Å². The van der Waals surface area contributed by atoms with Crippen LogP contribution < -0.4 is 10.6 Å². The standard InChI is InChI=1S/C14H12N6O4/c21-12(7-15-10-3-1-2-4-11(10)20(22)23)16-14-17-13(18-19-14)9-5-6-24-8-9/h1-6,8,15H,7H2,(H2,16,17,18,19,21). The highest BCUT2D eigenvalue weighted by atomic mass is 16.6. The molecule has 0 saturated heterocycles. The van der Waals surface area contributed by atoms with Gasteiger partial charge in [-0.3, -0.25) is 25.3 Å². The number of benzene rings is 1. The van der Waals surface area contributed by atoms with Gasteiger partial charge in [0.1, 0.15) is 12.0 Å². The Kier molecular flexibility index (Phi) is 4.19. The van der Waals surface area contributed by atoms with Crippen molar-refractivity contribution < 1.29 is 14.1 Å². The molecule has 0 saturated carbocycles. The fraction of sp³-hybridized carbons (Fsp3) is 0.0714. The lowest BCUT2D eigenvalue weighted by molar-refractivity contribution is -0.383. The molecule has 0 spiro atoms. The van der Waals surface area contributed by atoms with E-state index in [0.29, 0.717) is 11.4 Å². The maximum absolute atomic E-state index is 11.9. The molecule has 10 heteroatoms. The van der Waals surface area contributed by atoms with Crippen molar-refractivity contribution in [2.45, 2.75) is 0 Å². The minimum Gasteiger partial charge on any atom is -0.472 e. The van der Waals surface area contributed by atoms with Gasteiger partial charge in [-0.1, -0.05) is 12.1 Å². The van der Waals surface area contributed by atoms with E-state index in [1.807, 2.05) is 0 Å². The second-order valence-corrected chi connectivity index (χ2v) is 4.70. The molecule has 0 atom stereocenters. The van der Waals surface area contributed by atoms with Crippen LogP contribution in [0, 0.1) is 10.1 Å². The summed E-state index contributed by atoms with van der Waals surface area (Å²) in [7, 11) is 0. The van der Waals surface area contributed by atoms with Crippen LogP contribution in [0.2, 0.25) is 0 Å². The summed E-state index contributed by atoms with van der Waals surface area (Å²) < 4.78 is 4.94. The summed E-state index contributed by atoms with van der Waals surface area (Å²) in [5.41, 5.74) is 0.846. The molecule has 3 N–H and O–H groups in total. The predicted octanol–water partition coefficient (Wildman–Crippen LogP) is 2.02. The average Bonchev–Trinajstić information content (AvgIpc) is 3.24. The highest BCUT2D eigenvalue weighted by molar-refractivity contribution is 5.92. The normalized spacial score (nSPS) is 10.3. The molecule has 3 aromatic rings. The van der Waals surface area contributed by atoms with Crippen molar-refractivity contribution in [3.05, 3.63) is 53.0 Å². The first kappa shape index (κ1) is 15.2. The third-order valence-electron chi connectivity index (χ3n) is 3.07. The molecule has 122 valence electrons. The van der Waals surface area contributed by atoms with Gasteiger partial charge in [-0.25, -0.2) is 0 Å². The summed E-state index contributed by atoms with van der Waals surface area (Å²) in [5.74, 6) is 0.108. The van der Waals surface area contributed by atoms with Crippen LogP contribution in [-0.4, -0.2) is 32.6 Å². The number of nitro groups is 1. The van der Waals surface area contributed by atoms with Crippen molar-refractivity contribution in [2.24, 2.45) is 0 Å². The first-order valence-electron chi connectivity index (χ1n) is 6.85. The van der Waals surface area contributed by atoms with Crippen LogP contribution in [0.15, 0.2) is 47.3 Å². The number of carbonyl (C=O) groups is 1. The Morgan fingerprint density at radius 2 is 2.17 bits per heavy atom. The lowest BCUT2D eigenvalue weighted by Crippen LogP contribution is -2.22. The van der Waals surface area contributed by atoms with E-state index >= 15 is 0 Å². The Bertz CT molecular complexity index is 858. The molecule has 24 heavy (non-hydrogen) atoms. The number of carbonyl (C=O) groups excluding carboxylic acids is 1. The number of aromatic amines is 1. The molecule has 2 heterocycles. The summed E-state index contributed by atoms with van der Waals surface area (Å²) in [6, 6.07) is 7.76. The van der Waals surface area contributed by atoms with Gasteiger partial charge >= 0.3 is 0 Å². The highest BCUT2D eigenvalue weighted by Crippen LogP contribution is 2.22. The maximum atomic E-state index is 11.9. The van der Waals surface area contributed by atoms with E-state index in [4.69, 9.17) is 4.42 Å². The summed E-state index contributed by atoms with van der Waals surface area (Å²) in [6.45, 7) is -0.166. The number of hydrogen-bond acceptors (Lipinski definition) is 7. The third-order valence-corrected chi connectivity index (χ3v) is 3.07. The van der Waals surface area contributed by atoms with Crippen LogP contribution in [0.1, 0.15) is 0 Å². The van der Waals surface area contributed by atoms with Crippen molar-refractivity contribution >= 4 is 23.2 Å². The lowest BCUT2D eigenvalue weighted by Gasteiger charge is -2.06. The van der Waals surface area contributed by atoms with E-state index in [0.717, 1.165) is 0 Å². The van der Waals surface area contributed by atoms with E-state index in [1.54, 1.807) is 18.2 Å². The number of nitro benzene ring substituents is 1. The molecule has 2 aromatic heterocycles. The quantitative estimate of drug-likeness (QED) is 0.464. The predicted molar refractivity (Wildman–Crippen MR) is 84.3 cm³/mol. The summed E-state index contributed by atoms with van der Waals surface area (Å²) in [6.07, 6.45) is 2.98. The fourth-order valence-corrected chi connectivity index (χ4v) is 1.97. The molecule has 3 rings (SSSR count). The van der Waals surface area contributed by atoms with Gasteiger partial charge in [-0.15, -0.1) is 5.10 Å². The Morgan fingerprint density at radius 3 is 2.92 bits per heavy atom. The zero-order valence-corrected chi connectivity index (χ0v) is 12.2. The second kappa shape index (κ2) is 6.60. The van der Waals surface area contributed by atoms with Crippen LogP contribution in [-0.2, 0) is 4.79 Å². The monoisotopic (exact) mass is 328 g/mol. The van der Waals surface area contributed by atoms with Gasteiger partial charge < -0.3 is 9.73 Å². The highest BCUT2D eigenvalue weighted by Gasteiger charge is 2.14. The molecular formula is C14H12N6O4. The van der Waals surface area contributed by atoms with E-state index in [1.165, 1.54) is 24.7 Å². The number of amides is 1. The summed E-state index contributed by atoms with van der Waals surface area (Å²) in [5, 5.41) is 22.6. The molecule has 0 aliphatic carbocycles.